The van der Waals surface area contributed by atoms with E-state index in [1.165, 1.54) is 0 Å². The van der Waals surface area contributed by atoms with Crippen molar-refractivity contribution >= 4 is 40.5 Å². The van der Waals surface area contributed by atoms with E-state index < -0.39 is 0 Å². The van der Waals surface area contributed by atoms with Crippen molar-refractivity contribution < 1.29 is 9.59 Å². The summed E-state index contributed by atoms with van der Waals surface area (Å²) in [5.74, 6) is 0.0398. The molecule has 2 aliphatic heterocycles. The highest BCUT2D eigenvalue weighted by Crippen LogP contribution is 2.26. The Bertz CT molecular complexity index is 924. The largest absolute Gasteiger partial charge is 0.358 e. The minimum Gasteiger partial charge on any atom is -0.358 e. The van der Waals surface area contributed by atoms with E-state index in [0.717, 1.165) is 17.9 Å². The summed E-state index contributed by atoms with van der Waals surface area (Å²) >= 11 is 5.45. The Hall–Kier alpha value is -2.97. The van der Waals surface area contributed by atoms with Crippen molar-refractivity contribution in [1.29, 1.82) is 0 Å². The van der Waals surface area contributed by atoms with Crippen LogP contribution in [0.15, 0.2) is 60.7 Å². The highest BCUT2D eigenvalue weighted by molar-refractivity contribution is 7.80. The molecule has 0 bridgehead atoms. The van der Waals surface area contributed by atoms with Crippen LogP contribution in [0.5, 0.6) is 0 Å². The molecule has 2 amide bonds. The highest BCUT2D eigenvalue weighted by Gasteiger charge is 2.43. The predicted molar refractivity (Wildman–Crippen MR) is 126 cm³/mol. The molecule has 4 N–H and O–H groups in total. The maximum absolute atomic E-state index is 12.4. The predicted octanol–water partition coefficient (Wildman–Crippen LogP) is 2.33. The summed E-state index contributed by atoms with van der Waals surface area (Å²) in [7, 11) is 0. The molecule has 2 aromatic rings. The molecule has 0 radical (unpaired) electrons. The number of carbonyl (C=O) groups is 2. The Kier molecular flexibility index (Phi) is 6.79. The number of anilines is 2. The molecule has 162 valence electrons. The van der Waals surface area contributed by atoms with E-state index >= 15 is 0 Å². The van der Waals surface area contributed by atoms with Crippen molar-refractivity contribution in [2.75, 3.05) is 23.7 Å². The average Bonchev–Trinajstić information content (AvgIpc) is 3.19. The first-order chi connectivity index (χ1) is 15.1. The molecule has 0 spiro atoms. The molecule has 2 heterocycles. The van der Waals surface area contributed by atoms with Gasteiger partial charge in [0.05, 0.1) is 6.04 Å². The fourth-order valence-corrected chi connectivity index (χ4v) is 4.55. The summed E-state index contributed by atoms with van der Waals surface area (Å²) in [5, 5.41) is 13.0. The van der Waals surface area contributed by atoms with E-state index in [1.54, 1.807) is 0 Å². The lowest BCUT2D eigenvalue weighted by molar-refractivity contribution is -0.129. The minimum atomic E-state index is -0.187. The van der Waals surface area contributed by atoms with Crippen LogP contribution in [0.1, 0.15) is 19.3 Å². The number of hydrogen-bond acceptors (Lipinski definition) is 4. The Labute approximate surface area is 187 Å². The Morgan fingerprint density at radius 1 is 1.03 bits per heavy atom. The molecule has 7 nitrogen and oxygen atoms in total. The van der Waals surface area contributed by atoms with Crippen molar-refractivity contribution in [3.8, 4) is 0 Å². The van der Waals surface area contributed by atoms with E-state index in [0.29, 0.717) is 30.9 Å². The Morgan fingerprint density at radius 2 is 1.68 bits per heavy atom. The number of piperazine rings is 1. The fourth-order valence-electron chi connectivity index (χ4n) is 4.27. The standard InChI is InChI=1S/C23H27N5O2S/c29-21(25-16-7-3-1-4-8-16)12-11-19-14-24-22(30)20-13-18(15-28(19)20)27-23(31)26-17-9-5-2-6-10-17/h1-10,18-20H,11-15H2,(H,24,30)(H,25,29)(H2,26,27,31)/t18-,19+,20-/m0/s1. The van der Waals surface area contributed by atoms with Crippen molar-refractivity contribution in [1.82, 2.24) is 15.5 Å². The normalized spacial score (nSPS) is 22.8. The Morgan fingerprint density at radius 3 is 2.35 bits per heavy atom. The molecule has 8 heteroatoms. The van der Waals surface area contributed by atoms with E-state index in [2.05, 4.69) is 26.2 Å². The molecule has 0 aliphatic carbocycles. The van der Waals surface area contributed by atoms with Crippen LogP contribution in [0.4, 0.5) is 11.4 Å². The number of benzene rings is 2. The zero-order valence-electron chi connectivity index (χ0n) is 17.2. The summed E-state index contributed by atoms with van der Waals surface area (Å²) in [6.45, 7) is 1.28. The molecule has 0 saturated carbocycles. The van der Waals surface area contributed by atoms with Gasteiger partial charge in [0.1, 0.15) is 0 Å². The van der Waals surface area contributed by atoms with Crippen LogP contribution in [0.3, 0.4) is 0 Å². The molecule has 2 fully saturated rings. The van der Waals surface area contributed by atoms with Gasteiger partial charge in [-0.1, -0.05) is 36.4 Å². The van der Waals surface area contributed by atoms with Gasteiger partial charge in [0.15, 0.2) is 5.11 Å². The third-order valence-electron chi connectivity index (χ3n) is 5.75. The Balaban J connectivity index is 1.29. The van der Waals surface area contributed by atoms with Gasteiger partial charge in [-0.05, 0) is 49.3 Å². The highest BCUT2D eigenvalue weighted by atomic mass is 32.1. The lowest BCUT2D eigenvalue weighted by atomic mass is 10.0. The topological polar surface area (TPSA) is 85.5 Å². The van der Waals surface area contributed by atoms with E-state index in [9.17, 15) is 9.59 Å². The SMILES string of the molecule is O=C(CC[C@@H]1CNC(=O)[C@@H]2C[C@H](NC(=S)Nc3ccccc3)CN12)Nc1ccccc1. The molecule has 0 unspecified atom stereocenters. The van der Waals surface area contributed by atoms with Crippen LogP contribution in [0, 0.1) is 0 Å². The first-order valence-corrected chi connectivity index (χ1v) is 11.0. The summed E-state index contributed by atoms with van der Waals surface area (Å²) in [4.78, 5) is 27.0. The smallest absolute Gasteiger partial charge is 0.237 e. The third kappa shape index (κ3) is 5.59. The van der Waals surface area contributed by atoms with Crippen molar-refractivity contribution in [3.05, 3.63) is 60.7 Å². The lowest BCUT2D eigenvalue weighted by Gasteiger charge is -2.37. The average molecular weight is 438 g/mol. The number of rotatable bonds is 6. The van der Waals surface area contributed by atoms with E-state index in [4.69, 9.17) is 12.2 Å². The van der Waals surface area contributed by atoms with E-state index in [-0.39, 0.29) is 29.9 Å². The molecule has 4 rings (SSSR count). The zero-order chi connectivity index (χ0) is 21.6. The second kappa shape index (κ2) is 9.89. The van der Waals surface area contributed by atoms with Gasteiger partial charge in [0.25, 0.3) is 0 Å². The van der Waals surface area contributed by atoms with Crippen LogP contribution in [0.25, 0.3) is 0 Å². The maximum atomic E-state index is 12.4. The number of carbonyl (C=O) groups excluding carboxylic acids is 2. The summed E-state index contributed by atoms with van der Waals surface area (Å²) in [6.07, 6.45) is 1.79. The van der Waals surface area contributed by atoms with Crippen molar-refractivity contribution in [2.24, 2.45) is 0 Å². The quantitative estimate of drug-likeness (QED) is 0.519. The molecule has 2 saturated heterocycles. The third-order valence-corrected chi connectivity index (χ3v) is 5.97. The number of para-hydroxylation sites is 2. The van der Waals surface area contributed by atoms with Crippen molar-refractivity contribution in [3.63, 3.8) is 0 Å². The molecule has 31 heavy (non-hydrogen) atoms. The van der Waals surface area contributed by atoms with Gasteiger partial charge in [-0.3, -0.25) is 14.5 Å². The summed E-state index contributed by atoms with van der Waals surface area (Å²) in [6, 6.07) is 19.2. The van der Waals surface area contributed by atoms with E-state index in [1.807, 2.05) is 60.7 Å². The lowest BCUT2D eigenvalue weighted by Crippen LogP contribution is -2.58. The van der Waals surface area contributed by atoms with Crippen LogP contribution < -0.4 is 21.3 Å². The number of fused-ring (bicyclic) bond motifs is 1. The number of nitrogens with zero attached hydrogens (tertiary/aromatic N) is 1. The molecule has 2 aliphatic rings. The minimum absolute atomic E-state index is 0.0123. The molecule has 3 atom stereocenters. The number of thiocarbonyl (C=S) groups is 1. The second-order valence-corrected chi connectivity index (χ2v) is 8.37. The summed E-state index contributed by atoms with van der Waals surface area (Å²) in [5.41, 5.74) is 1.72. The van der Waals surface area contributed by atoms with Crippen LogP contribution >= 0.6 is 12.2 Å². The number of nitrogens with one attached hydrogen (secondary N) is 4. The van der Waals surface area contributed by atoms with Gasteiger partial charge in [-0.15, -0.1) is 0 Å². The van der Waals surface area contributed by atoms with Gasteiger partial charge in [-0.2, -0.15) is 0 Å². The molecular formula is C23H27N5O2S. The molecule has 2 aromatic carbocycles. The van der Waals surface area contributed by atoms with Crippen molar-refractivity contribution in [2.45, 2.75) is 37.4 Å². The first-order valence-electron chi connectivity index (χ1n) is 10.6. The van der Waals surface area contributed by atoms with Gasteiger partial charge < -0.3 is 21.3 Å². The van der Waals surface area contributed by atoms with Gasteiger partial charge in [-0.25, -0.2) is 0 Å². The fraction of sp³-hybridized carbons (Fsp3) is 0.348. The molecular weight excluding hydrogens is 410 g/mol. The van der Waals surface area contributed by atoms with Crippen LogP contribution in [-0.2, 0) is 9.59 Å². The maximum Gasteiger partial charge on any atom is 0.237 e. The van der Waals surface area contributed by atoms with Gasteiger partial charge in [0, 0.05) is 43.0 Å². The zero-order valence-corrected chi connectivity index (χ0v) is 18.0. The van der Waals surface area contributed by atoms with Crippen LogP contribution in [-0.4, -0.2) is 53.0 Å². The first kappa shape index (κ1) is 21.3. The molecule has 0 aromatic heterocycles. The van der Waals surface area contributed by atoms with Gasteiger partial charge in [0.2, 0.25) is 11.8 Å². The van der Waals surface area contributed by atoms with Crippen LogP contribution in [0.2, 0.25) is 0 Å². The summed E-state index contributed by atoms with van der Waals surface area (Å²) < 4.78 is 0. The number of amides is 2. The number of hydrogen-bond donors (Lipinski definition) is 4. The monoisotopic (exact) mass is 437 g/mol. The second-order valence-electron chi connectivity index (χ2n) is 7.96. The van der Waals surface area contributed by atoms with Gasteiger partial charge >= 0.3 is 0 Å².